The Morgan fingerprint density at radius 3 is 2.71 bits per heavy atom. The van der Waals surface area contributed by atoms with E-state index in [1.807, 2.05) is 13.0 Å². The van der Waals surface area contributed by atoms with Crippen LogP contribution in [0.1, 0.15) is 48.5 Å². The first kappa shape index (κ1) is 13.6. The maximum Gasteiger partial charge on any atom is 0.339 e. The molecular formula is C14H20O3. The molecule has 0 aliphatic heterocycles. The van der Waals surface area contributed by atoms with E-state index >= 15 is 0 Å². The van der Waals surface area contributed by atoms with Crippen LogP contribution in [0.5, 0.6) is 5.75 Å². The fraction of sp³-hybridized carbons (Fsp3) is 0.500. The molecule has 0 heterocycles. The first-order valence-corrected chi connectivity index (χ1v) is 6.12. The Morgan fingerprint density at radius 1 is 1.29 bits per heavy atom. The van der Waals surface area contributed by atoms with Gasteiger partial charge in [0.2, 0.25) is 0 Å². The van der Waals surface area contributed by atoms with Gasteiger partial charge in [0.1, 0.15) is 11.3 Å². The van der Waals surface area contributed by atoms with Gasteiger partial charge in [-0.1, -0.05) is 38.3 Å². The molecule has 0 aliphatic carbocycles. The molecule has 0 saturated carbocycles. The molecule has 0 saturated heterocycles. The number of unbranched alkanes of at least 4 members (excludes halogenated alkanes) is 3. The zero-order valence-corrected chi connectivity index (χ0v) is 10.5. The van der Waals surface area contributed by atoms with Crippen molar-refractivity contribution in [3.63, 3.8) is 0 Å². The third kappa shape index (κ3) is 4.10. The van der Waals surface area contributed by atoms with Crippen molar-refractivity contribution >= 4 is 5.97 Å². The standard InChI is InChI=1S/C14H20O3/c1-3-4-5-6-10-17-13-11(2)8-7-9-12(13)14(15)16/h7-9H,3-6,10H2,1-2H3,(H,15,16). The minimum atomic E-state index is -0.933. The van der Waals surface area contributed by atoms with Crippen molar-refractivity contribution in [3.8, 4) is 5.75 Å². The maximum atomic E-state index is 11.0. The lowest BCUT2D eigenvalue weighted by atomic mass is 10.1. The van der Waals surface area contributed by atoms with Crippen molar-refractivity contribution in [1.29, 1.82) is 0 Å². The summed E-state index contributed by atoms with van der Waals surface area (Å²) >= 11 is 0. The summed E-state index contributed by atoms with van der Waals surface area (Å²) in [6.45, 7) is 4.61. The number of ether oxygens (including phenoxy) is 1. The molecule has 0 unspecified atom stereocenters. The number of para-hydroxylation sites is 1. The topological polar surface area (TPSA) is 46.5 Å². The van der Waals surface area contributed by atoms with E-state index in [-0.39, 0.29) is 5.56 Å². The third-order valence-electron chi connectivity index (χ3n) is 2.69. The second-order valence-electron chi connectivity index (χ2n) is 4.17. The highest BCUT2D eigenvalue weighted by atomic mass is 16.5. The lowest BCUT2D eigenvalue weighted by Gasteiger charge is -2.11. The summed E-state index contributed by atoms with van der Waals surface area (Å²) in [7, 11) is 0. The van der Waals surface area contributed by atoms with Crippen LogP contribution in [-0.2, 0) is 0 Å². The number of hydrogen-bond acceptors (Lipinski definition) is 2. The van der Waals surface area contributed by atoms with Crippen molar-refractivity contribution in [2.75, 3.05) is 6.61 Å². The second kappa shape index (κ2) is 6.94. The van der Waals surface area contributed by atoms with Gasteiger partial charge < -0.3 is 9.84 Å². The molecule has 0 aliphatic rings. The predicted octanol–water partition coefficient (Wildman–Crippen LogP) is 3.65. The largest absolute Gasteiger partial charge is 0.492 e. The summed E-state index contributed by atoms with van der Waals surface area (Å²) in [5.74, 6) is -0.422. The smallest absolute Gasteiger partial charge is 0.339 e. The second-order valence-corrected chi connectivity index (χ2v) is 4.17. The molecule has 0 radical (unpaired) electrons. The lowest BCUT2D eigenvalue weighted by Crippen LogP contribution is -2.06. The first-order valence-electron chi connectivity index (χ1n) is 6.12. The van der Waals surface area contributed by atoms with Crippen molar-refractivity contribution in [2.45, 2.75) is 39.5 Å². The van der Waals surface area contributed by atoms with Crippen LogP contribution >= 0.6 is 0 Å². The Morgan fingerprint density at radius 2 is 2.06 bits per heavy atom. The van der Waals surface area contributed by atoms with E-state index in [0.717, 1.165) is 18.4 Å². The first-order chi connectivity index (χ1) is 8.16. The van der Waals surface area contributed by atoms with Crippen LogP contribution in [-0.4, -0.2) is 17.7 Å². The fourth-order valence-electron chi connectivity index (χ4n) is 1.72. The van der Waals surface area contributed by atoms with E-state index in [1.165, 1.54) is 12.8 Å². The van der Waals surface area contributed by atoms with Gasteiger partial charge in [0.25, 0.3) is 0 Å². The highest BCUT2D eigenvalue weighted by molar-refractivity contribution is 5.91. The van der Waals surface area contributed by atoms with Gasteiger partial charge in [-0.15, -0.1) is 0 Å². The molecule has 17 heavy (non-hydrogen) atoms. The van der Waals surface area contributed by atoms with E-state index < -0.39 is 5.97 Å². The van der Waals surface area contributed by atoms with Gasteiger partial charge in [-0.25, -0.2) is 4.79 Å². The average molecular weight is 236 g/mol. The number of aromatic carboxylic acids is 1. The number of carboxylic acid groups (broad SMARTS) is 1. The molecule has 1 aromatic rings. The Labute approximate surface area is 102 Å². The molecule has 3 nitrogen and oxygen atoms in total. The Balaban J connectivity index is 2.60. The number of carboxylic acids is 1. The Kier molecular flexibility index (Phi) is 5.53. The van der Waals surface area contributed by atoms with Crippen LogP contribution in [0.25, 0.3) is 0 Å². The average Bonchev–Trinajstić information content (AvgIpc) is 2.30. The van der Waals surface area contributed by atoms with Gasteiger partial charge >= 0.3 is 5.97 Å². The molecule has 1 aromatic carbocycles. The summed E-state index contributed by atoms with van der Waals surface area (Å²) in [4.78, 5) is 11.0. The van der Waals surface area contributed by atoms with Gasteiger partial charge in [-0.3, -0.25) is 0 Å². The van der Waals surface area contributed by atoms with Crippen LogP contribution in [0, 0.1) is 6.92 Å². The summed E-state index contributed by atoms with van der Waals surface area (Å²) in [6.07, 6.45) is 4.49. The zero-order valence-electron chi connectivity index (χ0n) is 10.5. The number of hydrogen-bond donors (Lipinski definition) is 1. The van der Waals surface area contributed by atoms with Gasteiger partial charge in [-0.05, 0) is 25.0 Å². The zero-order chi connectivity index (χ0) is 12.7. The molecule has 0 spiro atoms. The molecule has 1 N–H and O–H groups in total. The predicted molar refractivity (Wildman–Crippen MR) is 67.8 cm³/mol. The minimum Gasteiger partial charge on any atom is -0.492 e. The van der Waals surface area contributed by atoms with Crippen LogP contribution in [0.2, 0.25) is 0 Å². The van der Waals surface area contributed by atoms with Crippen LogP contribution in [0.15, 0.2) is 18.2 Å². The number of carbonyl (C=O) groups is 1. The van der Waals surface area contributed by atoms with Crippen LogP contribution in [0.4, 0.5) is 0 Å². The number of aryl methyl sites for hydroxylation is 1. The van der Waals surface area contributed by atoms with Crippen molar-refractivity contribution in [3.05, 3.63) is 29.3 Å². The van der Waals surface area contributed by atoms with E-state index in [0.29, 0.717) is 12.4 Å². The monoisotopic (exact) mass is 236 g/mol. The molecule has 3 heteroatoms. The molecule has 0 atom stereocenters. The van der Waals surface area contributed by atoms with Gasteiger partial charge in [0, 0.05) is 0 Å². The molecule has 0 aromatic heterocycles. The van der Waals surface area contributed by atoms with E-state index in [1.54, 1.807) is 12.1 Å². The Bertz CT molecular complexity index is 372. The van der Waals surface area contributed by atoms with Crippen molar-refractivity contribution in [2.24, 2.45) is 0 Å². The quantitative estimate of drug-likeness (QED) is 0.735. The molecular weight excluding hydrogens is 216 g/mol. The summed E-state index contributed by atoms with van der Waals surface area (Å²) in [6, 6.07) is 5.19. The molecule has 0 bridgehead atoms. The highest BCUT2D eigenvalue weighted by Crippen LogP contribution is 2.23. The van der Waals surface area contributed by atoms with Crippen molar-refractivity contribution < 1.29 is 14.6 Å². The van der Waals surface area contributed by atoms with Gasteiger partial charge in [-0.2, -0.15) is 0 Å². The van der Waals surface area contributed by atoms with Crippen LogP contribution in [0.3, 0.4) is 0 Å². The normalized spacial score (nSPS) is 10.2. The number of benzene rings is 1. The summed E-state index contributed by atoms with van der Waals surface area (Å²) in [5, 5.41) is 9.05. The van der Waals surface area contributed by atoms with Crippen molar-refractivity contribution in [1.82, 2.24) is 0 Å². The summed E-state index contributed by atoms with van der Waals surface area (Å²) in [5.41, 5.74) is 1.13. The van der Waals surface area contributed by atoms with Gasteiger partial charge in [0.05, 0.1) is 6.61 Å². The maximum absolute atomic E-state index is 11.0. The molecule has 94 valence electrons. The highest BCUT2D eigenvalue weighted by Gasteiger charge is 2.12. The third-order valence-corrected chi connectivity index (χ3v) is 2.69. The van der Waals surface area contributed by atoms with Crippen LogP contribution < -0.4 is 4.74 Å². The summed E-state index contributed by atoms with van der Waals surface area (Å²) < 4.78 is 5.59. The van der Waals surface area contributed by atoms with Gasteiger partial charge in [0.15, 0.2) is 0 Å². The minimum absolute atomic E-state index is 0.250. The number of rotatable bonds is 7. The molecule has 0 fully saturated rings. The van der Waals surface area contributed by atoms with E-state index in [4.69, 9.17) is 9.84 Å². The lowest BCUT2D eigenvalue weighted by molar-refractivity contribution is 0.0692. The van der Waals surface area contributed by atoms with E-state index in [9.17, 15) is 4.79 Å². The molecule has 0 amide bonds. The SMILES string of the molecule is CCCCCCOc1c(C)cccc1C(=O)O. The molecule has 1 rings (SSSR count). The van der Waals surface area contributed by atoms with E-state index in [2.05, 4.69) is 6.92 Å². The Hall–Kier alpha value is -1.51. The fourth-order valence-corrected chi connectivity index (χ4v) is 1.72.